The van der Waals surface area contributed by atoms with E-state index in [2.05, 4.69) is 22.4 Å². The fourth-order valence-electron chi connectivity index (χ4n) is 2.36. The van der Waals surface area contributed by atoms with Crippen molar-refractivity contribution in [1.82, 2.24) is 15.5 Å². The summed E-state index contributed by atoms with van der Waals surface area (Å²) in [5.41, 5.74) is 0. The summed E-state index contributed by atoms with van der Waals surface area (Å²) in [5.74, 6) is 0.718. The zero-order valence-corrected chi connectivity index (χ0v) is 13.3. The summed E-state index contributed by atoms with van der Waals surface area (Å²) < 4.78 is 0.872. The van der Waals surface area contributed by atoms with E-state index in [9.17, 15) is 4.79 Å². The predicted molar refractivity (Wildman–Crippen MR) is 79.5 cm³/mol. The zero-order valence-electron chi connectivity index (χ0n) is 11.7. The van der Waals surface area contributed by atoms with Crippen LogP contribution in [0.15, 0.2) is 4.34 Å². The van der Waals surface area contributed by atoms with Crippen LogP contribution in [0.2, 0.25) is 0 Å². The maximum atomic E-state index is 12.2. The Labute approximate surface area is 122 Å². The molecule has 1 heterocycles. The van der Waals surface area contributed by atoms with Crippen LogP contribution >= 0.6 is 23.1 Å². The third-order valence-electron chi connectivity index (χ3n) is 3.59. The van der Waals surface area contributed by atoms with E-state index in [1.54, 1.807) is 11.3 Å². The Balaban J connectivity index is 1.85. The van der Waals surface area contributed by atoms with E-state index < -0.39 is 0 Å². The van der Waals surface area contributed by atoms with Crippen molar-refractivity contribution >= 4 is 29.0 Å². The van der Waals surface area contributed by atoms with Crippen LogP contribution in [0.4, 0.5) is 0 Å². The monoisotopic (exact) mass is 299 g/mol. The second-order valence-electron chi connectivity index (χ2n) is 5.22. The van der Waals surface area contributed by atoms with Gasteiger partial charge in [0.05, 0.1) is 5.25 Å². The van der Waals surface area contributed by atoms with Crippen LogP contribution < -0.4 is 5.32 Å². The summed E-state index contributed by atoms with van der Waals surface area (Å²) in [6.07, 6.45) is 4.86. The minimum atomic E-state index is -0.110. The standard InChI is InChI=1S/C13H21N3OS2/c1-8-6-4-5-7-11(8)14-12(17)9(2)18-13-16-15-10(3)19-13/h8-9,11H,4-7H2,1-3H3,(H,14,17)/t8-,9-,11+/m0/s1. The SMILES string of the molecule is Cc1nnc(S[C@@H](C)C(=O)N[C@@H]2CCCC[C@@H]2C)s1. The molecule has 106 valence electrons. The van der Waals surface area contributed by atoms with Gasteiger partial charge in [-0.2, -0.15) is 0 Å². The number of nitrogens with one attached hydrogen (secondary N) is 1. The van der Waals surface area contributed by atoms with Crippen LogP contribution in [0, 0.1) is 12.8 Å². The Morgan fingerprint density at radius 3 is 2.79 bits per heavy atom. The zero-order chi connectivity index (χ0) is 13.8. The topological polar surface area (TPSA) is 54.9 Å². The van der Waals surface area contributed by atoms with E-state index in [1.165, 1.54) is 31.0 Å². The van der Waals surface area contributed by atoms with E-state index in [0.29, 0.717) is 12.0 Å². The minimum absolute atomic E-state index is 0.110. The van der Waals surface area contributed by atoms with Gasteiger partial charge in [0.2, 0.25) is 5.91 Å². The molecule has 3 atom stereocenters. The van der Waals surface area contributed by atoms with Gasteiger partial charge in [0.25, 0.3) is 0 Å². The Kier molecular flexibility index (Phi) is 5.21. The average molecular weight is 299 g/mol. The van der Waals surface area contributed by atoms with Crippen LogP contribution in [-0.4, -0.2) is 27.4 Å². The molecule has 0 radical (unpaired) electrons. The van der Waals surface area contributed by atoms with Crippen LogP contribution in [0.25, 0.3) is 0 Å². The first-order valence-electron chi connectivity index (χ1n) is 6.83. The number of nitrogens with zero attached hydrogens (tertiary/aromatic N) is 2. The average Bonchev–Trinajstić information content (AvgIpc) is 2.77. The highest BCUT2D eigenvalue weighted by atomic mass is 32.2. The lowest BCUT2D eigenvalue weighted by atomic mass is 9.86. The molecule has 1 aromatic rings. The normalized spacial score (nSPS) is 25.0. The number of thioether (sulfide) groups is 1. The number of hydrogen-bond donors (Lipinski definition) is 1. The van der Waals surface area contributed by atoms with Gasteiger partial charge in [-0.3, -0.25) is 4.79 Å². The molecule has 6 heteroatoms. The Bertz CT molecular complexity index is 435. The summed E-state index contributed by atoms with van der Waals surface area (Å²) in [5, 5.41) is 12.0. The van der Waals surface area contributed by atoms with E-state index in [1.807, 2.05) is 13.8 Å². The molecule has 1 amide bonds. The summed E-state index contributed by atoms with van der Waals surface area (Å²) in [7, 11) is 0. The van der Waals surface area contributed by atoms with E-state index in [-0.39, 0.29) is 11.2 Å². The third kappa shape index (κ3) is 4.18. The third-order valence-corrected chi connectivity index (χ3v) is 5.62. The van der Waals surface area contributed by atoms with Gasteiger partial charge in [0, 0.05) is 6.04 Å². The van der Waals surface area contributed by atoms with Gasteiger partial charge in [-0.15, -0.1) is 10.2 Å². The molecular formula is C13H21N3OS2. The fraction of sp³-hybridized carbons (Fsp3) is 0.769. The summed E-state index contributed by atoms with van der Waals surface area (Å²) in [6.45, 7) is 6.09. The van der Waals surface area contributed by atoms with Gasteiger partial charge in [-0.25, -0.2) is 0 Å². The quantitative estimate of drug-likeness (QED) is 0.868. The van der Waals surface area contributed by atoms with Crippen molar-refractivity contribution in [2.45, 2.75) is 62.1 Å². The largest absolute Gasteiger partial charge is 0.352 e. The van der Waals surface area contributed by atoms with Crippen molar-refractivity contribution in [3.63, 3.8) is 0 Å². The van der Waals surface area contributed by atoms with Crippen LogP contribution in [0.1, 0.15) is 44.5 Å². The molecule has 0 aliphatic heterocycles. The summed E-state index contributed by atoms with van der Waals surface area (Å²) >= 11 is 3.04. The Hall–Kier alpha value is -0.620. The number of aryl methyl sites for hydroxylation is 1. The molecule has 1 fully saturated rings. The van der Waals surface area contributed by atoms with Gasteiger partial charge in [-0.05, 0) is 32.6 Å². The maximum Gasteiger partial charge on any atom is 0.233 e. The Morgan fingerprint density at radius 2 is 2.16 bits per heavy atom. The number of rotatable bonds is 4. The molecule has 1 aliphatic rings. The molecule has 0 unspecified atom stereocenters. The second-order valence-corrected chi connectivity index (χ2v) is 7.99. The van der Waals surface area contributed by atoms with E-state index in [0.717, 1.165) is 15.8 Å². The number of carbonyl (C=O) groups is 1. The molecule has 2 rings (SSSR count). The van der Waals surface area contributed by atoms with Gasteiger partial charge < -0.3 is 5.32 Å². The molecule has 1 N–H and O–H groups in total. The number of carbonyl (C=O) groups excluding carboxylic acids is 1. The van der Waals surface area contributed by atoms with Gasteiger partial charge in [0.15, 0.2) is 4.34 Å². The van der Waals surface area contributed by atoms with Gasteiger partial charge in [0.1, 0.15) is 5.01 Å². The van der Waals surface area contributed by atoms with E-state index in [4.69, 9.17) is 0 Å². The summed E-state index contributed by atoms with van der Waals surface area (Å²) in [4.78, 5) is 12.2. The first-order chi connectivity index (χ1) is 9.06. The number of aromatic nitrogens is 2. The molecule has 1 aromatic heterocycles. The molecule has 0 spiro atoms. The molecule has 0 saturated heterocycles. The lowest BCUT2D eigenvalue weighted by Gasteiger charge is -2.30. The van der Waals surface area contributed by atoms with Crippen molar-refractivity contribution in [2.24, 2.45) is 5.92 Å². The highest BCUT2D eigenvalue weighted by molar-refractivity contribution is 8.02. The van der Waals surface area contributed by atoms with Crippen molar-refractivity contribution < 1.29 is 4.79 Å². The van der Waals surface area contributed by atoms with Gasteiger partial charge >= 0.3 is 0 Å². The lowest BCUT2D eigenvalue weighted by Crippen LogP contribution is -2.44. The minimum Gasteiger partial charge on any atom is -0.352 e. The van der Waals surface area contributed by atoms with Gasteiger partial charge in [-0.1, -0.05) is 42.9 Å². The van der Waals surface area contributed by atoms with Crippen molar-refractivity contribution in [3.8, 4) is 0 Å². The molecule has 4 nitrogen and oxygen atoms in total. The molecule has 0 bridgehead atoms. The predicted octanol–water partition coefficient (Wildman–Crippen LogP) is 3.02. The Morgan fingerprint density at radius 1 is 1.42 bits per heavy atom. The first-order valence-corrected chi connectivity index (χ1v) is 8.53. The molecule has 0 aromatic carbocycles. The summed E-state index contributed by atoms with van der Waals surface area (Å²) in [6, 6.07) is 0.348. The van der Waals surface area contributed by atoms with Crippen LogP contribution in [0.5, 0.6) is 0 Å². The molecule has 1 saturated carbocycles. The van der Waals surface area contributed by atoms with Crippen LogP contribution in [0.3, 0.4) is 0 Å². The second kappa shape index (κ2) is 6.70. The number of amides is 1. The molecular weight excluding hydrogens is 278 g/mol. The maximum absolute atomic E-state index is 12.2. The molecule has 19 heavy (non-hydrogen) atoms. The van der Waals surface area contributed by atoms with Crippen molar-refractivity contribution in [1.29, 1.82) is 0 Å². The highest BCUT2D eigenvalue weighted by Gasteiger charge is 2.25. The smallest absolute Gasteiger partial charge is 0.233 e. The van der Waals surface area contributed by atoms with Crippen molar-refractivity contribution in [2.75, 3.05) is 0 Å². The van der Waals surface area contributed by atoms with Crippen LogP contribution in [-0.2, 0) is 4.79 Å². The number of hydrogen-bond acceptors (Lipinski definition) is 5. The first kappa shape index (κ1) is 14.8. The van der Waals surface area contributed by atoms with E-state index >= 15 is 0 Å². The molecule has 1 aliphatic carbocycles. The highest BCUT2D eigenvalue weighted by Crippen LogP contribution is 2.28. The lowest BCUT2D eigenvalue weighted by molar-refractivity contribution is -0.121. The fourth-order valence-corrected chi connectivity index (χ4v) is 4.33. The van der Waals surface area contributed by atoms with Crippen molar-refractivity contribution in [3.05, 3.63) is 5.01 Å².